The van der Waals surface area contributed by atoms with E-state index in [1.165, 1.54) is 59.2 Å². The van der Waals surface area contributed by atoms with E-state index in [2.05, 4.69) is 65.4 Å². The molecule has 1 fully saturated rings. The molecule has 2 aromatic carbocycles. The quantitative estimate of drug-likeness (QED) is 0.630. The van der Waals surface area contributed by atoms with Crippen LogP contribution in [-0.4, -0.2) is 50.2 Å². The average molecular weight is 392 g/mol. The number of aryl methyl sites for hydroxylation is 2. The third-order valence-corrected chi connectivity index (χ3v) is 6.44. The lowest BCUT2D eigenvalue weighted by Crippen LogP contribution is -2.37. The summed E-state index contributed by atoms with van der Waals surface area (Å²) in [5.41, 5.74) is 7.54. The van der Waals surface area contributed by atoms with Crippen molar-refractivity contribution in [3.8, 4) is 17.0 Å². The molecule has 0 bridgehead atoms. The maximum atomic E-state index is 5.63. The summed E-state index contributed by atoms with van der Waals surface area (Å²) in [6.07, 6.45) is 2.49. The molecule has 0 aliphatic carbocycles. The van der Waals surface area contributed by atoms with E-state index in [1.54, 1.807) is 7.11 Å². The molecule has 4 heteroatoms. The van der Waals surface area contributed by atoms with E-state index in [0.717, 1.165) is 24.4 Å². The number of piperidine rings is 1. The predicted octanol–water partition coefficient (Wildman–Crippen LogP) is 4.86. The van der Waals surface area contributed by atoms with Crippen LogP contribution < -0.4 is 10.1 Å². The van der Waals surface area contributed by atoms with E-state index >= 15 is 0 Å². The number of aromatic nitrogens is 1. The molecule has 2 heterocycles. The Morgan fingerprint density at radius 3 is 2.62 bits per heavy atom. The fraction of sp³-hybridized carbons (Fsp3) is 0.440. The van der Waals surface area contributed by atoms with Crippen LogP contribution in [-0.2, 0) is 0 Å². The highest BCUT2D eigenvalue weighted by Crippen LogP contribution is 2.37. The van der Waals surface area contributed by atoms with Crippen LogP contribution in [0.1, 0.15) is 35.4 Å². The highest BCUT2D eigenvalue weighted by molar-refractivity contribution is 5.92. The number of benzene rings is 2. The first kappa shape index (κ1) is 20.0. The molecular formula is C25H33N3O. The number of aromatic amines is 1. The number of hydrogen-bond donors (Lipinski definition) is 2. The van der Waals surface area contributed by atoms with E-state index in [1.807, 2.05) is 7.05 Å². The van der Waals surface area contributed by atoms with Crippen molar-refractivity contribution in [2.75, 3.05) is 40.3 Å². The maximum absolute atomic E-state index is 5.63. The fourth-order valence-electron chi connectivity index (χ4n) is 4.64. The number of H-pyrrole nitrogens is 1. The Bertz CT molecular complexity index is 983. The van der Waals surface area contributed by atoms with Crippen molar-refractivity contribution < 1.29 is 4.74 Å². The van der Waals surface area contributed by atoms with Crippen LogP contribution >= 0.6 is 0 Å². The molecule has 0 radical (unpaired) electrons. The van der Waals surface area contributed by atoms with Crippen molar-refractivity contribution in [3.05, 3.63) is 53.1 Å². The Labute approximate surface area is 174 Å². The van der Waals surface area contributed by atoms with Crippen molar-refractivity contribution in [3.63, 3.8) is 0 Å². The minimum atomic E-state index is 0.663. The number of hydrogen-bond acceptors (Lipinski definition) is 3. The molecule has 1 aliphatic rings. The number of fused-ring (bicyclic) bond motifs is 1. The van der Waals surface area contributed by atoms with Gasteiger partial charge in [0, 0.05) is 29.6 Å². The van der Waals surface area contributed by atoms with Crippen molar-refractivity contribution in [2.45, 2.75) is 32.6 Å². The summed E-state index contributed by atoms with van der Waals surface area (Å²) in [6, 6.07) is 13.4. The molecule has 1 aromatic heterocycles. The van der Waals surface area contributed by atoms with Crippen LogP contribution in [0.4, 0.5) is 0 Å². The number of rotatable bonds is 6. The SMILES string of the molecule is CNCCN1CCC(c2ccc3[nH]c(-c4cc(C)ccc4OC)c(C)c3c2)CC1. The van der Waals surface area contributed by atoms with Gasteiger partial charge in [-0.15, -0.1) is 0 Å². The average Bonchev–Trinajstić information content (AvgIpc) is 3.08. The standard InChI is InChI=1S/C25H33N3O/c1-17-5-8-24(29-4)22(15-17)25-18(2)21-16-20(6-7-23(21)27-25)19-9-12-28(13-10-19)14-11-26-3/h5-8,15-16,19,26-27H,9-14H2,1-4H3. The molecule has 154 valence electrons. The van der Waals surface area contributed by atoms with Crippen LogP contribution in [0, 0.1) is 13.8 Å². The Balaban J connectivity index is 1.61. The largest absolute Gasteiger partial charge is 0.496 e. The van der Waals surface area contributed by atoms with Gasteiger partial charge in [-0.3, -0.25) is 0 Å². The minimum Gasteiger partial charge on any atom is -0.496 e. The molecule has 4 nitrogen and oxygen atoms in total. The van der Waals surface area contributed by atoms with E-state index in [-0.39, 0.29) is 0 Å². The first-order chi connectivity index (χ1) is 14.1. The highest BCUT2D eigenvalue weighted by atomic mass is 16.5. The van der Waals surface area contributed by atoms with Crippen molar-refractivity contribution >= 4 is 10.9 Å². The number of likely N-dealkylation sites (N-methyl/N-ethyl adjacent to an activating group) is 1. The zero-order valence-corrected chi connectivity index (χ0v) is 18.1. The third kappa shape index (κ3) is 4.05. The second-order valence-corrected chi connectivity index (χ2v) is 8.35. The second-order valence-electron chi connectivity index (χ2n) is 8.35. The molecule has 0 spiro atoms. The van der Waals surface area contributed by atoms with Crippen LogP contribution in [0.3, 0.4) is 0 Å². The molecule has 0 atom stereocenters. The Morgan fingerprint density at radius 2 is 1.90 bits per heavy atom. The molecule has 3 aromatic rings. The molecule has 0 amide bonds. The topological polar surface area (TPSA) is 40.3 Å². The number of nitrogens with zero attached hydrogens (tertiary/aromatic N) is 1. The van der Waals surface area contributed by atoms with Crippen molar-refractivity contribution in [1.29, 1.82) is 0 Å². The molecular weight excluding hydrogens is 358 g/mol. The molecule has 1 saturated heterocycles. The highest BCUT2D eigenvalue weighted by Gasteiger charge is 2.21. The van der Waals surface area contributed by atoms with Crippen molar-refractivity contribution in [1.82, 2.24) is 15.2 Å². The van der Waals surface area contributed by atoms with Crippen molar-refractivity contribution in [2.24, 2.45) is 0 Å². The normalized spacial score (nSPS) is 15.9. The lowest BCUT2D eigenvalue weighted by Gasteiger charge is -2.32. The van der Waals surface area contributed by atoms with Gasteiger partial charge in [-0.05, 0) is 88.1 Å². The second kappa shape index (κ2) is 8.60. The van der Waals surface area contributed by atoms with Crippen LogP contribution in [0.25, 0.3) is 22.2 Å². The van der Waals surface area contributed by atoms with Gasteiger partial charge in [0.05, 0.1) is 12.8 Å². The summed E-state index contributed by atoms with van der Waals surface area (Å²) in [4.78, 5) is 6.23. The van der Waals surface area contributed by atoms with E-state index < -0.39 is 0 Å². The van der Waals surface area contributed by atoms with Gasteiger partial charge in [-0.25, -0.2) is 0 Å². The molecule has 2 N–H and O–H groups in total. The molecule has 29 heavy (non-hydrogen) atoms. The zero-order chi connectivity index (χ0) is 20.4. The van der Waals surface area contributed by atoms with Gasteiger partial charge in [0.2, 0.25) is 0 Å². The number of methoxy groups -OCH3 is 1. The fourth-order valence-corrected chi connectivity index (χ4v) is 4.64. The number of nitrogens with one attached hydrogen (secondary N) is 2. The summed E-state index contributed by atoms with van der Waals surface area (Å²) in [7, 11) is 3.77. The first-order valence-corrected chi connectivity index (χ1v) is 10.7. The Kier molecular flexibility index (Phi) is 5.93. The Morgan fingerprint density at radius 1 is 1.10 bits per heavy atom. The molecule has 1 aliphatic heterocycles. The number of ether oxygens (including phenoxy) is 1. The van der Waals surface area contributed by atoms with Gasteiger partial charge in [0.1, 0.15) is 5.75 Å². The summed E-state index contributed by atoms with van der Waals surface area (Å²) in [5.74, 6) is 1.58. The lowest BCUT2D eigenvalue weighted by molar-refractivity contribution is 0.214. The smallest absolute Gasteiger partial charge is 0.128 e. The maximum Gasteiger partial charge on any atom is 0.128 e. The van der Waals surface area contributed by atoms with Gasteiger partial charge in [-0.2, -0.15) is 0 Å². The van der Waals surface area contributed by atoms with Crippen LogP contribution in [0.5, 0.6) is 5.75 Å². The summed E-state index contributed by atoms with van der Waals surface area (Å²) >= 11 is 0. The predicted molar refractivity (Wildman–Crippen MR) is 122 cm³/mol. The molecule has 0 saturated carbocycles. The molecule has 4 rings (SSSR count). The molecule has 0 unspecified atom stereocenters. The number of likely N-dealkylation sites (tertiary alicyclic amines) is 1. The van der Waals surface area contributed by atoms with Gasteiger partial charge in [-0.1, -0.05) is 17.7 Å². The van der Waals surface area contributed by atoms with E-state index in [9.17, 15) is 0 Å². The summed E-state index contributed by atoms with van der Waals surface area (Å²) in [5, 5.41) is 4.59. The summed E-state index contributed by atoms with van der Waals surface area (Å²) in [6.45, 7) is 8.97. The monoisotopic (exact) mass is 391 g/mol. The summed E-state index contributed by atoms with van der Waals surface area (Å²) < 4.78 is 5.63. The Hall–Kier alpha value is -2.30. The third-order valence-electron chi connectivity index (χ3n) is 6.44. The van der Waals surface area contributed by atoms with Gasteiger partial charge in [0.25, 0.3) is 0 Å². The van der Waals surface area contributed by atoms with Crippen LogP contribution in [0.15, 0.2) is 36.4 Å². The van der Waals surface area contributed by atoms with Gasteiger partial charge < -0.3 is 19.9 Å². The van der Waals surface area contributed by atoms with E-state index in [0.29, 0.717) is 5.92 Å². The lowest BCUT2D eigenvalue weighted by atomic mass is 9.88. The van der Waals surface area contributed by atoms with Gasteiger partial charge >= 0.3 is 0 Å². The van der Waals surface area contributed by atoms with Crippen LogP contribution in [0.2, 0.25) is 0 Å². The van der Waals surface area contributed by atoms with E-state index in [4.69, 9.17) is 4.74 Å². The minimum absolute atomic E-state index is 0.663. The first-order valence-electron chi connectivity index (χ1n) is 10.7. The van der Waals surface area contributed by atoms with Gasteiger partial charge in [0.15, 0.2) is 0 Å². The zero-order valence-electron chi connectivity index (χ0n) is 18.1.